The van der Waals surface area contributed by atoms with E-state index in [1.807, 2.05) is 6.26 Å². The summed E-state index contributed by atoms with van der Waals surface area (Å²) >= 11 is 7.72. The number of halogens is 1. The summed E-state index contributed by atoms with van der Waals surface area (Å²) in [6, 6.07) is 7.43. The predicted octanol–water partition coefficient (Wildman–Crippen LogP) is 2.99. The summed E-state index contributed by atoms with van der Waals surface area (Å²) in [4.78, 5) is 0. The molecule has 0 amide bonds. The first kappa shape index (κ1) is 11.2. The summed E-state index contributed by atoms with van der Waals surface area (Å²) in [7, 11) is 0. The lowest BCUT2D eigenvalue weighted by molar-refractivity contribution is 1.22. The van der Waals surface area contributed by atoms with Crippen LogP contribution in [0.2, 0.25) is 5.02 Å². The van der Waals surface area contributed by atoms with E-state index in [2.05, 4.69) is 11.4 Å². The van der Waals surface area contributed by atoms with Crippen LogP contribution in [0.15, 0.2) is 18.2 Å². The SMILES string of the molecule is CSCCNc1c(Cl)cccc1C#N. The molecule has 0 bridgehead atoms. The molecule has 0 radical (unpaired) electrons. The van der Waals surface area contributed by atoms with Crippen molar-refractivity contribution in [3.8, 4) is 6.07 Å². The summed E-state index contributed by atoms with van der Waals surface area (Å²) in [5.41, 5.74) is 1.34. The second-order valence-corrected chi connectivity index (χ2v) is 4.09. The molecule has 0 fully saturated rings. The summed E-state index contributed by atoms with van der Waals surface area (Å²) < 4.78 is 0. The molecular formula is C10H11ClN2S. The van der Waals surface area contributed by atoms with Gasteiger partial charge in [-0.15, -0.1) is 0 Å². The van der Waals surface area contributed by atoms with Gasteiger partial charge in [-0.05, 0) is 18.4 Å². The van der Waals surface area contributed by atoms with Gasteiger partial charge in [-0.3, -0.25) is 0 Å². The molecule has 74 valence electrons. The Labute approximate surface area is 93.3 Å². The topological polar surface area (TPSA) is 35.8 Å². The minimum Gasteiger partial charge on any atom is -0.382 e. The minimum atomic E-state index is 0.596. The van der Waals surface area contributed by atoms with E-state index in [9.17, 15) is 0 Å². The Bertz CT molecular complexity index is 346. The molecule has 0 saturated heterocycles. The molecule has 0 aliphatic heterocycles. The lowest BCUT2D eigenvalue weighted by Crippen LogP contribution is -2.05. The first-order chi connectivity index (χ1) is 6.79. The Kier molecular flexibility index (Phi) is 4.64. The van der Waals surface area contributed by atoms with Gasteiger partial charge in [0.1, 0.15) is 6.07 Å². The largest absolute Gasteiger partial charge is 0.382 e. The van der Waals surface area contributed by atoms with E-state index < -0.39 is 0 Å². The van der Waals surface area contributed by atoms with Gasteiger partial charge in [-0.1, -0.05) is 17.7 Å². The minimum absolute atomic E-state index is 0.596. The van der Waals surface area contributed by atoms with Crippen LogP contribution in [-0.4, -0.2) is 18.6 Å². The van der Waals surface area contributed by atoms with E-state index in [4.69, 9.17) is 16.9 Å². The van der Waals surface area contributed by atoms with E-state index in [-0.39, 0.29) is 0 Å². The van der Waals surface area contributed by atoms with Crippen molar-refractivity contribution < 1.29 is 0 Å². The fourth-order valence-corrected chi connectivity index (χ4v) is 1.62. The van der Waals surface area contributed by atoms with Gasteiger partial charge in [0.25, 0.3) is 0 Å². The Balaban J connectivity index is 2.78. The summed E-state index contributed by atoms with van der Waals surface area (Å²) in [6.45, 7) is 0.819. The number of nitrogens with one attached hydrogen (secondary N) is 1. The molecule has 1 aromatic carbocycles. The van der Waals surface area contributed by atoms with Crippen molar-refractivity contribution in [2.45, 2.75) is 0 Å². The van der Waals surface area contributed by atoms with Gasteiger partial charge in [0.2, 0.25) is 0 Å². The molecule has 1 aromatic rings. The van der Waals surface area contributed by atoms with E-state index >= 15 is 0 Å². The van der Waals surface area contributed by atoms with Crippen LogP contribution in [0.1, 0.15) is 5.56 Å². The maximum absolute atomic E-state index is 8.85. The molecular weight excluding hydrogens is 216 g/mol. The van der Waals surface area contributed by atoms with Crippen LogP contribution in [0, 0.1) is 11.3 Å². The third-order valence-corrected chi connectivity index (χ3v) is 2.67. The van der Waals surface area contributed by atoms with Crippen LogP contribution in [0.25, 0.3) is 0 Å². The zero-order valence-corrected chi connectivity index (χ0v) is 9.45. The number of rotatable bonds is 4. The molecule has 1 N–H and O–H groups in total. The Morgan fingerprint density at radius 2 is 2.36 bits per heavy atom. The van der Waals surface area contributed by atoms with E-state index in [0.717, 1.165) is 18.0 Å². The maximum atomic E-state index is 8.85. The standard InChI is InChI=1S/C10H11ClN2S/c1-14-6-5-13-10-8(7-12)3-2-4-9(10)11/h2-4,13H,5-6H2,1H3. The Morgan fingerprint density at radius 1 is 1.57 bits per heavy atom. The van der Waals surface area contributed by atoms with Crippen LogP contribution in [-0.2, 0) is 0 Å². The number of para-hydroxylation sites is 1. The zero-order chi connectivity index (χ0) is 10.4. The van der Waals surface area contributed by atoms with Crippen LogP contribution >= 0.6 is 23.4 Å². The van der Waals surface area contributed by atoms with E-state index in [1.54, 1.807) is 30.0 Å². The normalized spacial score (nSPS) is 9.50. The number of nitriles is 1. The molecule has 1 rings (SSSR count). The van der Waals surface area contributed by atoms with Crippen LogP contribution in [0.3, 0.4) is 0 Å². The van der Waals surface area contributed by atoms with Crippen LogP contribution in [0.4, 0.5) is 5.69 Å². The van der Waals surface area contributed by atoms with E-state index in [1.165, 1.54) is 0 Å². The van der Waals surface area contributed by atoms with Crippen molar-refractivity contribution in [3.05, 3.63) is 28.8 Å². The van der Waals surface area contributed by atoms with Crippen LogP contribution in [0.5, 0.6) is 0 Å². The number of hydrogen-bond acceptors (Lipinski definition) is 3. The lowest BCUT2D eigenvalue weighted by atomic mass is 10.2. The van der Waals surface area contributed by atoms with Crippen molar-refractivity contribution >= 4 is 29.1 Å². The van der Waals surface area contributed by atoms with Gasteiger partial charge in [-0.25, -0.2) is 0 Å². The third kappa shape index (κ3) is 2.83. The molecule has 0 aliphatic carbocycles. The highest BCUT2D eigenvalue weighted by molar-refractivity contribution is 7.98. The maximum Gasteiger partial charge on any atom is 0.101 e. The summed E-state index contributed by atoms with van der Waals surface area (Å²) in [5, 5.41) is 12.6. The van der Waals surface area contributed by atoms with Crippen molar-refractivity contribution in [2.75, 3.05) is 23.9 Å². The molecule has 4 heteroatoms. The second kappa shape index (κ2) is 5.79. The van der Waals surface area contributed by atoms with Crippen molar-refractivity contribution in [3.63, 3.8) is 0 Å². The van der Waals surface area contributed by atoms with Gasteiger partial charge in [-0.2, -0.15) is 17.0 Å². The number of nitrogens with zero attached hydrogens (tertiary/aromatic N) is 1. The first-order valence-corrected chi connectivity index (χ1v) is 5.98. The first-order valence-electron chi connectivity index (χ1n) is 4.21. The molecule has 0 aromatic heterocycles. The Morgan fingerprint density at radius 3 is 3.00 bits per heavy atom. The molecule has 0 aliphatic rings. The quantitative estimate of drug-likeness (QED) is 0.802. The fourth-order valence-electron chi connectivity index (χ4n) is 1.08. The van der Waals surface area contributed by atoms with Gasteiger partial charge < -0.3 is 5.32 Å². The fraction of sp³-hybridized carbons (Fsp3) is 0.300. The average molecular weight is 227 g/mol. The average Bonchev–Trinajstić information content (AvgIpc) is 2.20. The number of hydrogen-bond donors (Lipinski definition) is 1. The molecule has 0 saturated carbocycles. The van der Waals surface area contributed by atoms with Gasteiger partial charge in [0.05, 0.1) is 16.3 Å². The molecule has 0 spiro atoms. The van der Waals surface area contributed by atoms with Gasteiger partial charge in [0, 0.05) is 12.3 Å². The highest BCUT2D eigenvalue weighted by atomic mass is 35.5. The summed E-state index contributed by atoms with van der Waals surface area (Å²) in [6.07, 6.45) is 2.04. The van der Waals surface area contributed by atoms with Crippen molar-refractivity contribution in [2.24, 2.45) is 0 Å². The number of benzene rings is 1. The second-order valence-electron chi connectivity index (χ2n) is 2.69. The lowest BCUT2D eigenvalue weighted by Gasteiger charge is -2.08. The highest BCUT2D eigenvalue weighted by Crippen LogP contribution is 2.25. The smallest absolute Gasteiger partial charge is 0.101 e. The van der Waals surface area contributed by atoms with Crippen LogP contribution < -0.4 is 5.32 Å². The predicted molar refractivity (Wildman–Crippen MR) is 63.0 cm³/mol. The summed E-state index contributed by atoms with van der Waals surface area (Å²) in [5.74, 6) is 0.996. The number of thioether (sulfide) groups is 1. The van der Waals surface area contributed by atoms with Crippen molar-refractivity contribution in [1.82, 2.24) is 0 Å². The monoisotopic (exact) mass is 226 g/mol. The molecule has 14 heavy (non-hydrogen) atoms. The van der Waals surface area contributed by atoms with E-state index in [0.29, 0.717) is 10.6 Å². The Hall–Kier alpha value is -0.850. The molecule has 0 unspecified atom stereocenters. The molecule has 2 nitrogen and oxygen atoms in total. The van der Waals surface area contributed by atoms with Gasteiger partial charge >= 0.3 is 0 Å². The molecule has 0 atom stereocenters. The number of anilines is 1. The third-order valence-electron chi connectivity index (χ3n) is 1.74. The van der Waals surface area contributed by atoms with Crippen molar-refractivity contribution in [1.29, 1.82) is 5.26 Å². The zero-order valence-electron chi connectivity index (χ0n) is 7.88. The van der Waals surface area contributed by atoms with Gasteiger partial charge in [0.15, 0.2) is 0 Å². The highest BCUT2D eigenvalue weighted by Gasteiger charge is 2.04. The molecule has 0 heterocycles.